The quantitative estimate of drug-likeness (QED) is 0.118. The van der Waals surface area contributed by atoms with E-state index in [-0.39, 0.29) is 23.6 Å². The summed E-state index contributed by atoms with van der Waals surface area (Å²) < 4.78 is 24.2. The molecule has 1 saturated carbocycles. The second-order valence-corrected chi connectivity index (χ2v) is 20.7. The van der Waals surface area contributed by atoms with Crippen LogP contribution >= 0.6 is 11.8 Å². The van der Waals surface area contributed by atoms with Crippen molar-refractivity contribution >= 4 is 46.5 Å². The fraction of sp³-hybridized carbons (Fsp3) is 0.633. The fourth-order valence-electron chi connectivity index (χ4n) is 14.3. The number of nitrogens with zero attached hydrogens (tertiary/aromatic N) is 3. The van der Waals surface area contributed by atoms with E-state index in [1.807, 2.05) is 44.0 Å². The van der Waals surface area contributed by atoms with Gasteiger partial charge in [0.15, 0.2) is 6.10 Å². The minimum atomic E-state index is -2.32. The Labute approximate surface area is 385 Å². The van der Waals surface area contributed by atoms with Crippen LogP contribution in [0.5, 0.6) is 0 Å². The number of likely N-dealkylation sites (N-methyl/N-ethyl adjacent to an activating group) is 1. The van der Waals surface area contributed by atoms with Gasteiger partial charge in [-0.2, -0.15) is 0 Å². The van der Waals surface area contributed by atoms with Gasteiger partial charge < -0.3 is 44.4 Å². The van der Waals surface area contributed by atoms with Gasteiger partial charge >= 0.3 is 17.9 Å². The molecule has 7 aliphatic rings. The van der Waals surface area contributed by atoms with Gasteiger partial charge in [0.25, 0.3) is 0 Å². The van der Waals surface area contributed by atoms with E-state index in [0.29, 0.717) is 71.2 Å². The number of fused-ring (bicyclic) bond motifs is 6. The highest BCUT2D eigenvalue weighted by molar-refractivity contribution is 8.00. The Morgan fingerprint density at radius 3 is 2.45 bits per heavy atom. The molecule has 3 unspecified atom stereocenters. The van der Waals surface area contributed by atoms with Crippen molar-refractivity contribution in [1.29, 1.82) is 0 Å². The Morgan fingerprint density at radius 1 is 1.00 bits per heavy atom. The number of benzene rings is 1. The largest absolute Gasteiger partial charge is 0.468 e. The Morgan fingerprint density at radius 2 is 1.77 bits per heavy atom. The zero-order valence-corrected chi connectivity index (χ0v) is 39.7. The number of allylic oxidation sites excluding steroid dienone is 1. The van der Waals surface area contributed by atoms with Gasteiger partial charge in [0.2, 0.25) is 11.5 Å². The van der Waals surface area contributed by atoms with Crippen LogP contribution in [-0.4, -0.2) is 163 Å². The van der Waals surface area contributed by atoms with Crippen molar-refractivity contribution in [3.8, 4) is 0 Å². The topological polar surface area (TPSA) is 183 Å². The van der Waals surface area contributed by atoms with Crippen molar-refractivity contribution in [1.82, 2.24) is 25.0 Å². The first-order valence-electron chi connectivity index (χ1n) is 23.2. The number of carbonyl (C=O) groups is 4. The number of esters is 3. The van der Waals surface area contributed by atoms with Crippen LogP contribution in [-0.2, 0) is 50.0 Å². The molecule has 15 nitrogen and oxygen atoms in total. The molecule has 2 aromatic rings. The predicted molar refractivity (Wildman–Crippen MR) is 244 cm³/mol. The molecule has 16 heteroatoms. The minimum Gasteiger partial charge on any atom is -0.468 e. The van der Waals surface area contributed by atoms with Crippen LogP contribution in [0.25, 0.3) is 10.9 Å². The lowest BCUT2D eigenvalue weighted by Gasteiger charge is -2.63. The number of nitrogens with one attached hydrogen (secondary N) is 2. The Hall–Kier alpha value is -4.19. The van der Waals surface area contributed by atoms with Crippen molar-refractivity contribution in [2.24, 2.45) is 22.7 Å². The standard InChI is InChI=1S/C49H65N5O10S/c1-9-45(59)23-29-24-48(43(57)62-7,39-31(14-18-53(25-29)27-45)32-20-30(12-13-35(32)51-39)65-26-38(56)50-4)34-21-33-36(22-37(34)61-6)52(5)41-47(33)16-19-54-17-11-15-46(10-2,40(47)54)42(64-28(3)55)49(41,60)44(58)63-8/h11-13,15,20-22,29,34,37,40-42,51,59-60H,9-10,14,16-19,23-27H2,1-8H3,(H,50,56)/t29-,34?,37?,40+,41-,42-,45+,46-,47-,48+,49+/m1/s1. The smallest absolute Gasteiger partial charge is 0.344 e. The van der Waals surface area contributed by atoms with Crippen LogP contribution in [0, 0.1) is 22.7 Å². The first-order valence-corrected chi connectivity index (χ1v) is 24.2. The molecule has 4 N–H and O–H groups in total. The average molecular weight is 916 g/mol. The number of methoxy groups -OCH3 is 3. The first kappa shape index (κ1) is 45.9. The van der Waals surface area contributed by atoms with Crippen molar-refractivity contribution in [2.45, 2.75) is 105 Å². The van der Waals surface area contributed by atoms with Crippen LogP contribution in [0.4, 0.5) is 0 Å². The summed E-state index contributed by atoms with van der Waals surface area (Å²) in [5.41, 5.74) is -2.36. The van der Waals surface area contributed by atoms with Crippen molar-refractivity contribution in [3.63, 3.8) is 0 Å². The number of piperidine rings is 1. The summed E-state index contributed by atoms with van der Waals surface area (Å²) in [5.74, 6) is -2.55. The molecule has 5 aliphatic heterocycles. The normalized spacial score (nSPS) is 38.2. The lowest BCUT2D eigenvalue weighted by atomic mass is 9.47. The van der Waals surface area contributed by atoms with Crippen molar-refractivity contribution in [2.75, 3.05) is 73.9 Å². The highest BCUT2D eigenvalue weighted by Gasteiger charge is 2.81. The van der Waals surface area contributed by atoms with E-state index in [0.717, 1.165) is 38.3 Å². The molecule has 0 radical (unpaired) electrons. The molecule has 9 rings (SSSR count). The van der Waals surface area contributed by atoms with Gasteiger partial charge in [-0.3, -0.25) is 24.2 Å². The number of carbonyl (C=O) groups excluding carboxylic acids is 4. The summed E-state index contributed by atoms with van der Waals surface area (Å²) in [7, 11) is 7.83. The third kappa shape index (κ3) is 6.54. The molecular weight excluding hydrogens is 851 g/mol. The van der Waals surface area contributed by atoms with E-state index in [4.69, 9.17) is 18.9 Å². The fourth-order valence-corrected chi connectivity index (χ4v) is 15.1. The van der Waals surface area contributed by atoms with Gasteiger partial charge in [-0.1, -0.05) is 32.1 Å². The molecule has 12 atom stereocenters. The number of hydrogen-bond donors (Lipinski definition) is 4. The molecule has 1 amide bonds. The molecule has 1 aromatic heterocycles. The number of H-pyrrole nitrogens is 1. The Kier molecular flexibility index (Phi) is 11.7. The monoisotopic (exact) mass is 915 g/mol. The maximum absolute atomic E-state index is 15.6. The molecule has 2 bridgehead atoms. The average Bonchev–Trinajstić information content (AvgIpc) is 3.96. The van der Waals surface area contributed by atoms with Gasteiger partial charge in [0, 0.05) is 104 Å². The molecule has 352 valence electrons. The van der Waals surface area contributed by atoms with Gasteiger partial charge in [-0.05, 0) is 86.4 Å². The van der Waals surface area contributed by atoms with E-state index in [2.05, 4.69) is 44.4 Å². The van der Waals surface area contributed by atoms with E-state index in [9.17, 15) is 24.6 Å². The number of aromatic amines is 1. The number of thioether (sulfide) groups is 1. The Balaban J connectivity index is 1.31. The molecule has 2 aliphatic carbocycles. The van der Waals surface area contributed by atoms with Gasteiger partial charge in [0.1, 0.15) is 5.41 Å². The summed E-state index contributed by atoms with van der Waals surface area (Å²) in [6.07, 6.45) is 9.35. The van der Waals surface area contributed by atoms with Crippen LogP contribution in [0.1, 0.15) is 64.1 Å². The van der Waals surface area contributed by atoms with Crippen LogP contribution in [0.2, 0.25) is 0 Å². The van der Waals surface area contributed by atoms with E-state index < -0.39 is 69.5 Å². The zero-order valence-electron chi connectivity index (χ0n) is 38.9. The number of ether oxygens (including phenoxy) is 4. The first-order chi connectivity index (χ1) is 31.0. The lowest BCUT2D eigenvalue weighted by molar-refractivity contribution is -0.243. The van der Waals surface area contributed by atoms with Gasteiger partial charge in [-0.15, -0.1) is 11.8 Å². The number of likely N-dealkylation sites (tertiary alicyclic amines) is 1. The van der Waals surface area contributed by atoms with Gasteiger partial charge in [0.05, 0.1) is 37.7 Å². The lowest BCUT2D eigenvalue weighted by Crippen LogP contribution is -2.79. The third-order valence-electron chi connectivity index (χ3n) is 16.7. The third-order valence-corrected chi connectivity index (χ3v) is 17.7. The number of aliphatic hydroxyl groups is 2. The molecule has 65 heavy (non-hydrogen) atoms. The van der Waals surface area contributed by atoms with Crippen LogP contribution in [0.15, 0.2) is 58.7 Å². The van der Waals surface area contributed by atoms with Crippen LogP contribution in [0.3, 0.4) is 0 Å². The highest BCUT2D eigenvalue weighted by atomic mass is 32.2. The molecule has 4 fully saturated rings. The molecule has 6 heterocycles. The summed E-state index contributed by atoms with van der Waals surface area (Å²) in [6.45, 7) is 8.47. The zero-order chi connectivity index (χ0) is 46.4. The summed E-state index contributed by atoms with van der Waals surface area (Å²) >= 11 is 1.45. The maximum atomic E-state index is 15.6. The summed E-state index contributed by atoms with van der Waals surface area (Å²) in [6, 6.07) is 4.86. The van der Waals surface area contributed by atoms with Gasteiger partial charge in [-0.25, -0.2) is 4.79 Å². The van der Waals surface area contributed by atoms with Crippen LogP contribution < -0.4 is 5.32 Å². The highest BCUT2D eigenvalue weighted by Crippen LogP contribution is 2.70. The minimum absolute atomic E-state index is 0.0810. The molecular formula is C49H65N5O10S. The number of hydrogen-bond acceptors (Lipinski definition) is 14. The van der Waals surface area contributed by atoms with Crippen molar-refractivity contribution in [3.05, 3.63) is 65.0 Å². The second kappa shape index (κ2) is 16.5. The molecule has 1 aromatic carbocycles. The van der Waals surface area contributed by atoms with E-state index in [1.54, 1.807) is 14.2 Å². The number of aromatic nitrogens is 1. The SMILES string of the molecule is CC[C@]1(O)C[C@H]2CN(CCc3c([nH]c4ccc(SCC(=O)NC)cc34)[C@@](C(=O)OC)(C3C=C4C(=CC3OC)N(C)[C@H]3[C@@](O)(C(=O)OC)[C@H](OC(C)=O)[C@]5(CC)C=CCN6CC[C@]43[C@@H]65)C2)C1. The maximum Gasteiger partial charge on any atom is 0.344 e. The summed E-state index contributed by atoms with van der Waals surface area (Å²) in [5, 5.41) is 29.2. The summed E-state index contributed by atoms with van der Waals surface area (Å²) in [4.78, 5) is 66.9. The Bertz CT molecular complexity index is 2380. The predicted octanol–water partition coefficient (Wildman–Crippen LogP) is 3.47. The molecule has 3 saturated heterocycles. The number of amides is 1. The van der Waals surface area contributed by atoms with E-state index in [1.165, 1.54) is 32.9 Å². The molecule has 1 spiro atoms. The number of rotatable bonds is 10. The van der Waals surface area contributed by atoms with Crippen molar-refractivity contribution < 1.29 is 48.3 Å². The second-order valence-electron chi connectivity index (χ2n) is 19.7. The van der Waals surface area contributed by atoms with E-state index >= 15 is 4.79 Å².